The van der Waals surface area contributed by atoms with Gasteiger partial charge in [-0.05, 0) is 63.9 Å². The maximum absolute atomic E-state index is 5.58. The van der Waals surface area contributed by atoms with Gasteiger partial charge in [0.2, 0.25) is 0 Å². The Morgan fingerprint density at radius 1 is 1.18 bits per heavy atom. The zero-order valence-electron chi connectivity index (χ0n) is 18.0. The number of hydrogen-bond donors (Lipinski definition) is 2. The first kappa shape index (κ1) is 22.2. The van der Waals surface area contributed by atoms with Crippen LogP contribution in [0.4, 0.5) is 0 Å². The van der Waals surface area contributed by atoms with Crippen molar-refractivity contribution in [3.05, 3.63) is 0 Å². The predicted octanol–water partition coefficient (Wildman–Crippen LogP) is 1.87. The topological polar surface area (TPSA) is 52.1 Å². The summed E-state index contributed by atoms with van der Waals surface area (Å²) in [5, 5.41) is 7.02. The average molecular weight is 412 g/mol. The fourth-order valence-electron chi connectivity index (χ4n) is 4.47. The normalized spacial score (nSPS) is 28.6. The number of thioether (sulfide) groups is 1. The summed E-state index contributed by atoms with van der Waals surface area (Å²) in [7, 11) is 0. The fraction of sp³-hybridized carbons (Fsp3) is 0.952. The van der Waals surface area contributed by atoms with Crippen LogP contribution in [0.5, 0.6) is 0 Å². The van der Waals surface area contributed by atoms with Crippen LogP contribution in [-0.4, -0.2) is 98.4 Å². The zero-order chi connectivity index (χ0) is 19.7. The lowest BCUT2D eigenvalue weighted by atomic mass is 9.96. The number of nitrogens with zero attached hydrogens (tertiary/aromatic N) is 3. The molecule has 0 bridgehead atoms. The van der Waals surface area contributed by atoms with E-state index >= 15 is 0 Å². The first-order valence-electron chi connectivity index (χ1n) is 11.4. The third-order valence-corrected chi connectivity index (χ3v) is 7.69. The van der Waals surface area contributed by atoms with Gasteiger partial charge in [-0.25, -0.2) is 0 Å². The Kier molecular flexibility index (Phi) is 9.21. The molecule has 3 saturated heterocycles. The molecule has 0 aromatic heterocycles. The molecule has 162 valence electrons. The molecule has 0 aromatic rings. The van der Waals surface area contributed by atoms with Gasteiger partial charge in [-0.15, -0.1) is 0 Å². The highest BCUT2D eigenvalue weighted by Crippen LogP contribution is 2.34. The molecule has 3 aliphatic rings. The highest BCUT2D eigenvalue weighted by molar-refractivity contribution is 7.99. The molecule has 0 aromatic carbocycles. The van der Waals surface area contributed by atoms with Crippen LogP contribution in [0.1, 0.15) is 39.5 Å². The smallest absolute Gasteiger partial charge is 0.191 e. The molecule has 28 heavy (non-hydrogen) atoms. The van der Waals surface area contributed by atoms with Crippen molar-refractivity contribution in [3.63, 3.8) is 0 Å². The van der Waals surface area contributed by atoms with Crippen LogP contribution in [0, 0.1) is 5.92 Å². The number of morpholine rings is 1. The highest BCUT2D eigenvalue weighted by Gasteiger charge is 2.40. The number of likely N-dealkylation sites (tertiary alicyclic amines) is 1. The second-order valence-electron chi connectivity index (χ2n) is 8.63. The van der Waals surface area contributed by atoms with Gasteiger partial charge in [-0.2, -0.15) is 11.8 Å². The lowest BCUT2D eigenvalue weighted by molar-refractivity contribution is -0.0104. The SMILES string of the molecule is CCNC(=NCC1(N2CCOCC2)CCSC1)NCCCN1CCC(C)CC1. The highest BCUT2D eigenvalue weighted by atomic mass is 32.2. The van der Waals surface area contributed by atoms with E-state index in [-0.39, 0.29) is 5.54 Å². The number of piperidine rings is 1. The van der Waals surface area contributed by atoms with Crippen molar-refractivity contribution in [2.45, 2.75) is 45.1 Å². The maximum Gasteiger partial charge on any atom is 0.191 e. The van der Waals surface area contributed by atoms with Gasteiger partial charge in [-0.1, -0.05) is 6.92 Å². The van der Waals surface area contributed by atoms with E-state index in [0.717, 1.165) is 57.8 Å². The zero-order valence-corrected chi connectivity index (χ0v) is 18.9. The van der Waals surface area contributed by atoms with E-state index in [1.165, 1.54) is 56.8 Å². The van der Waals surface area contributed by atoms with E-state index in [1.807, 2.05) is 0 Å². The molecule has 0 amide bonds. The lowest BCUT2D eigenvalue weighted by Gasteiger charge is -2.42. The number of guanidine groups is 1. The molecule has 0 spiro atoms. The van der Waals surface area contributed by atoms with Crippen molar-refractivity contribution in [1.29, 1.82) is 0 Å². The van der Waals surface area contributed by atoms with Gasteiger partial charge in [0.05, 0.1) is 25.3 Å². The summed E-state index contributed by atoms with van der Waals surface area (Å²) < 4.78 is 5.58. The lowest BCUT2D eigenvalue weighted by Crippen LogP contribution is -2.56. The predicted molar refractivity (Wildman–Crippen MR) is 121 cm³/mol. The van der Waals surface area contributed by atoms with E-state index in [1.54, 1.807) is 0 Å². The molecule has 1 unspecified atom stereocenters. The molecule has 3 rings (SSSR count). The molecular weight excluding hydrogens is 370 g/mol. The molecule has 3 aliphatic heterocycles. The second kappa shape index (κ2) is 11.6. The molecular formula is C21H41N5OS. The van der Waals surface area contributed by atoms with Crippen LogP contribution in [-0.2, 0) is 4.74 Å². The van der Waals surface area contributed by atoms with Gasteiger partial charge in [0.15, 0.2) is 5.96 Å². The van der Waals surface area contributed by atoms with Crippen LogP contribution < -0.4 is 10.6 Å². The van der Waals surface area contributed by atoms with Crippen LogP contribution in [0.2, 0.25) is 0 Å². The summed E-state index contributed by atoms with van der Waals surface area (Å²) >= 11 is 2.08. The van der Waals surface area contributed by atoms with Gasteiger partial charge < -0.3 is 20.3 Å². The Morgan fingerprint density at radius 2 is 1.96 bits per heavy atom. The van der Waals surface area contributed by atoms with Gasteiger partial charge in [0.1, 0.15) is 0 Å². The van der Waals surface area contributed by atoms with E-state index in [2.05, 4.69) is 46.0 Å². The summed E-state index contributed by atoms with van der Waals surface area (Å²) in [6.07, 6.45) is 5.15. The van der Waals surface area contributed by atoms with Gasteiger partial charge >= 0.3 is 0 Å². The van der Waals surface area contributed by atoms with Gasteiger partial charge in [-0.3, -0.25) is 9.89 Å². The molecule has 2 N–H and O–H groups in total. The summed E-state index contributed by atoms with van der Waals surface area (Å²) in [5.41, 5.74) is 0.224. The summed E-state index contributed by atoms with van der Waals surface area (Å²) in [6, 6.07) is 0. The molecule has 0 saturated carbocycles. The van der Waals surface area contributed by atoms with Gasteiger partial charge in [0.25, 0.3) is 0 Å². The van der Waals surface area contributed by atoms with Crippen molar-refractivity contribution < 1.29 is 4.74 Å². The van der Waals surface area contributed by atoms with Crippen LogP contribution in [0.25, 0.3) is 0 Å². The van der Waals surface area contributed by atoms with E-state index < -0.39 is 0 Å². The Hall–Kier alpha value is -0.500. The number of ether oxygens (including phenoxy) is 1. The largest absolute Gasteiger partial charge is 0.379 e. The number of hydrogen-bond acceptors (Lipinski definition) is 5. The summed E-state index contributed by atoms with van der Waals surface area (Å²) in [4.78, 5) is 10.3. The number of aliphatic imine (C=N–C) groups is 1. The van der Waals surface area contributed by atoms with Gasteiger partial charge in [0, 0.05) is 31.9 Å². The maximum atomic E-state index is 5.58. The monoisotopic (exact) mass is 411 g/mol. The summed E-state index contributed by atoms with van der Waals surface area (Å²) in [6.45, 7) is 14.9. The quantitative estimate of drug-likeness (QED) is 0.361. The minimum absolute atomic E-state index is 0.224. The van der Waals surface area contributed by atoms with Crippen molar-refractivity contribution in [2.75, 3.05) is 77.1 Å². The standard InChI is InChI=1S/C21H41N5OS/c1-3-22-20(23-8-4-9-25-10-5-19(2)6-11-25)24-17-21(7-16-28-18-21)26-12-14-27-15-13-26/h19H,3-18H2,1-2H3,(H2,22,23,24). The van der Waals surface area contributed by atoms with E-state index in [0.29, 0.717) is 0 Å². The fourth-order valence-corrected chi connectivity index (χ4v) is 5.94. The van der Waals surface area contributed by atoms with Crippen molar-refractivity contribution in [3.8, 4) is 0 Å². The second-order valence-corrected chi connectivity index (χ2v) is 9.73. The van der Waals surface area contributed by atoms with Crippen molar-refractivity contribution in [2.24, 2.45) is 10.9 Å². The Balaban J connectivity index is 1.45. The molecule has 3 fully saturated rings. The van der Waals surface area contributed by atoms with Crippen molar-refractivity contribution >= 4 is 17.7 Å². The Bertz CT molecular complexity index is 469. The number of nitrogens with one attached hydrogen (secondary N) is 2. The molecule has 0 radical (unpaired) electrons. The molecule has 3 heterocycles. The van der Waals surface area contributed by atoms with Crippen LogP contribution in [0.3, 0.4) is 0 Å². The third kappa shape index (κ3) is 6.51. The Labute approximate surface area is 176 Å². The first-order chi connectivity index (χ1) is 13.7. The molecule has 7 heteroatoms. The van der Waals surface area contributed by atoms with E-state index in [9.17, 15) is 0 Å². The van der Waals surface area contributed by atoms with E-state index in [4.69, 9.17) is 9.73 Å². The molecule has 0 aliphatic carbocycles. The first-order valence-corrected chi connectivity index (χ1v) is 12.5. The third-order valence-electron chi connectivity index (χ3n) is 6.46. The summed E-state index contributed by atoms with van der Waals surface area (Å²) in [5.74, 6) is 4.35. The minimum Gasteiger partial charge on any atom is -0.379 e. The van der Waals surface area contributed by atoms with Crippen LogP contribution in [0.15, 0.2) is 4.99 Å². The average Bonchev–Trinajstić information content (AvgIpc) is 3.21. The molecule has 1 atom stereocenters. The van der Waals surface area contributed by atoms with Crippen molar-refractivity contribution in [1.82, 2.24) is 20.4 Å². The Morgan fingerprint density at radius 3 is 2.64 bits per heavy atom. The van der Waals surface area contributed by atoms with Crippen LogP contribution >= 0.6 is 11.8 Å². The number of rotatable bonds is 8. The molecule has 6 nitrogen and oxygen atoms in total. The minimum atomic E-state index is 0.224.